The van der Waals surface area contributed by atoms with Crippen molar-refractivity contribution in [3.8, 4) is 5.88 Å². The van der Waals surface area contributed by atoms with Crippen molar-refractivity contribution in [3.63, 3.8) is 0 Å². The van der Waals surface area contributed by atoms with E-state index in [-0.39, 0.29) is 16.6 Å². The highest BCUT2D eigenvalue weighted by Crippen LogP contribution is 2.20. The van der Waals surface area contributed by atoms with Gasteiger partial charge in [-0.05, 0) is 30.7 Å². The summed E-state index contributed by atoms with van der Waals surface area (Å²) in [5.41, 5.74) is 1.90. The number of imidazole rings is 1. The van der Waals surface area contributed by atoms with Crippen molar-refractivity contribution in [1.82, 2.24) is 14.5 Å². The molecule has 0 aliphatic heterocycles. The number of benzene rings is 1. The van der Waals surface area contributed by atoms with Crippen LogP contribution in [0.4, 0.5) is 5.69 Å². The van der Waals surface area contributed by atoms with Gasteiger partial charge in [-0.3, -0.25) is 4.79 Å². The molecular weight excluding hydrogens is 340 g/mol. The average Bonchev–Trinajstić information content (AvgIpc) is 3.11. The van der Waals surface area contributed by atoms with E-state index in [1.54, 1.807) is 24.7 Å². The summed E-state index contributed by atoms with van der Waals surface area (Å²) in [7, 11) is 0. The van der Waals surface area contributed by atoms with E-state index in [9.17, 15) is 4.79 Å². The third kappa shape index (κ3) is 4.36. The second-order valence-electron chi connectivity index (χ2n) is 5.30. The molecular formula is C18H17ClN4O2. The Labute approximate surface area is 150 Å². The van der Waals surface area contributed by atoms with Gasteiger partial charge >= 0.3 is 0 Å². The lowest BCUT2D eigenvalue weighted by atomic mass is 10.2. The average molecular weight is 357 g/mol. The molecule has 6 nitrogen and oxygen atoms in total. The first-order valence-electron chi connectivity index (χ1n) is 7.81. The van der Waals surface area contributed by atoms with Crippen molar-refractivity contribution in [1.29, 1.82) is 0 Å². The molecule has 1 amide bonds. The lowest BCUT2D eigenvalue weighted by molar-refractivity contribution is 0.102. The highest BCUT2D eigenvalue weighted by molar-refractivity contribution is 6.34. The number of hydrogen-bond acceptors (Lipinski definition) is 4. The van der Waals surface area contributed by atoms with Gasteiger partial charge in [0.2, 0.25) is 5.88 Å². The number of rotatable bonds is 6. The second kappa shape index (κ2) is 7.81. The van der Waals surface area contributed by atoms with Crippen LogP contribution < -0.4 is 10.1 Å². The van der Waals surface area contributed by atoms with E-state index in [1.165, 1.54) is 0 Å². The molecule has 0 saturated heterocycles. The smallest absolute Gasteiger partial charge is 0.275 e. The highest BCUT2D eigenvalue weighted by Gasteiger charge is 2.14. The molecule has 0 radical (unpaired) electrons. The summed E-state index contributed by atoms with van der Waals surface area (Å²) in [4.78, 5) is 20.6. The molecule has 25 heavy (non-hydrogen) atoms. The molecule has 0 aliphatic rings. The molecule has 0 saturated carbocycles. The Hall–Kier alpha value is -2.86. The number of nitrogens with one attached hydrogen (secondary N) is 1. The standard InChI is InChI=1S/C18H17ClN4O2/c1-2-25-16-8-7-15(19)17(22-16)18(24)21-14-5-3-13(4-6-14)11-23-10-9-20-12-23/h3-10,12H,2,11H2,1H3,(H,21,24). The van der Waals surface area contributed by atoms with Gasteiger partial charge in [0, 0.05) is 30.7 Å². The van der Waals surface area contributed by atoms with Crippen LogP contribution in [-0.2, 0) is 6.54 Å². The van der Waals surface area contributed by atoms with Gasteiger partial charge in [-0.1, -0.05) is 23.7 Å². The first kappa shape index (κ1) is 17.0. The molecule has 2 heterocycles. The fourth-order valence-electron chi connectivity index (χ4n) is 2.29. The number of ether oxygens (including phenoxy) is 1. The van der Waals surface area contributed by atoms with Crippen molar-refractivity contribution < 1.29 is 9.53 Å². The fourth-order valence-corrected chi connectivity index (χ4v) is 2.48. The van der Waals surface area contributed by atoms with Gasteiger partial charge in [0.1, 0.15) is 0 Å². The van der Waals surface area contributed by atoms with Crippen molar-refractivity contribution in [2.75, 3.05) is 11.9 Å². The number of halogens is 1. The van der Waals surface area contributed by atoms with E-state index in [1.807, 2.05) is 42.0 Å². The normalized spacial score (nSPS) is 10.5. The van der Waals surface area contributed by atoms with E-state index in [2.05, 4.69) is 15.3 Å². The molecule has 0 atom stereocenters. The van der Waals surface area contributed by atoms with E-state index in [4.69, 9.17) is 16.3 Å². The molecule has 2 aromatic heterocycles. The predicted octanol–water partition coefficient (Wildman–Crippen LogP) is 3.63. The Kier molecular flexibility index (Phi) is 5.30. The number of aromatic nitrogens is 3. The minimum atomic E-state index is -0.381. The quantitative estimate of drug-likeness (QED) is 0.732. The SMILES string of the molecule is CCOc1ccc(Cl)c(C(=O)Nc2ccc(Cn3ccnc3)cc2)n1. The Morgan fingerprint density at radius 1 is 1.24 bits per heavy atom. The molecule has 1 N–H and O–H groups in total. The molecule has 3 aromatic rings. The number of pyridine rings is 1. The minimum Gasteiger partial charge on any atom is -0.478 e. The number of anilines is 1. The third-order valence-corrected chi connectivity index (χ3v) is 3.77. The number of amides is 1. The van der Waals surface area contributed by atoms with Gasteiger partial charge in [-0.25, -0.2) is 9.97 Å². The van der Waals surface area contributed by atoms with E-state index in [0.29, 0.717) is 18.2 Å². The molecule has 1 aromatic carbocycles. The summed E-state index contributed by atoms with van der Waals surface area (Å²) in [6.45, 7) is 3.04. The van der Waals surface area contributed by atoms with Gasteiger partial charge < -0.3 is 14.6 Å². The summed E-state index contributed by atoms with van der Waals surface area (Å²) in [6, 6.07) is 10.8. The molecule has 0 spiro atoms. The van der Waals surface area contributed by atoms with E-state index in [0.717, 1.165) is 12.1 Å². The van der Waals surface area contributed by atoms with E-state index < -0.39 is 0 Å². The maximum absolute atomic E-state index is 12.4. The van der Waals surface area contributed by atoms with Crippen LogP contribution in [0, 0.1) is 0 Å². The number of nitrogens with zero attached hydrogens (tertiary/aromatic N) is 3. The molecule has 7 heteroatoms. The van der Waals surface area contributed by atoms with Gasteiger partial charge in [0.15, 0.2) is 5.69 Å². The van der Waals surface area contributed by atoms with Crippen LogP contribution in [0.15, 0.2) is 55.1 Å². The van der Waals surface area contributed by atoms with Crippen molar-refractivity contribution >= 4 is 23.2 Å². The summed E-state index contributed by atoms with van der Waals surface area (Å²) in [5.74, 6) is -0.0124. The highest BCUT2D eigenvalue weighted by atomic mass is 35.5. The van der Waals surface area contributed by atoms with Crippen LogP contribution in [0.5, 0.6) is 5.88 Å². The zero-order chi connectivity index (χ0) is 17.6. The molecule has 0 bridgehead atoms. The molecule has 128 valence electrons. The van der Waals surface area contributed by atoms with Crippen LogP contribution in [0.25, 0.3) is 0 Å². The largest absolute Gasteiger partial charge is 0.478 e. The second-order valence-corrected chi connectivity index (χ2v) is 5.71. The van der Waals surface area contributed by atoms with Crippen LogP contribution in [-0.4, -0.2) is 27.0 Å². The summed E-state index contributed by atoms with van der Waals surface area (Å²) in [5, 5.41) is 3.07. The van der Waals surface area contributed by atoms with Crippen molar-refractivity contribution in [2.45, 2.75) is 13.5 Å². The summed E-state index contributed by atoms with van der Waals surface area (Å²) < 4.78 is 7.28. The number of carbonyl (C=O) groups is 1. The topological polar surface area (TPSA) is 69.0 Å². The maximum Gasteiger partial charge on any atom is 0.275 e. The summed E-state index contributed by atoms with van der Waals surface area (Å²) >= 11 is 6.07. The van der Waals surface area contributed by atoms with Gasteiger partial charge in [0.25, 0.3) is 5.91 Å². The third-order valence-electron chi connectivity index (χ3n) is 3.46. The minimum absolute atomic E-state index is 0.134. The Balaban J connectivity index is 1.69. The Morgan fingerprint density at radius 3 is 2.72 bits per heavy atom. The molecule has 0 aliphatic carbocycles. The predicted molar refractivity (Wildman–Crippen MR) is 96.1 cm³/mol. The van der Waals surface area contributed by atoms with Crippen LogP contribution in [0.1, 0.15) is 23.0 Å². The van der Waals surface area contributed by atoms with E-state index >= 15 is 0 Å². The van der Waals surface area contributed by atoms with Crippen LogP contribution in [0.3, 0.4) is 0 Å². The lowest BCUT2D eigenvalue weighted by Crippen LogP contribution is -2.15. The zero-order valence-electron chi connectivity index (χ0n) is 13.6. The molecule has 0 fully saturated rings. The van der Waals surface area contributed by atoms with Crippen molar-refractivity contribution in [2.24, 2.45) is 0 Å². The van der Waals surface area contributed by atoms with Crippen molar-refractivity contribution in [3.05, 3.63) is 71.4 Å². The Bertz CT molecular complexity index is 848. The molecule has 0 unspecified atom stereocenters. The monoisotopic (exact) mass is 356 g/mol. The summed E-state index contributed by atoms with van der Waals surface area (Å²) in [6.07, 6.45) is 5.39. The first-order chi connectivity index (χ1) is 12.2. The number of carbonyl (C=O) groups excluding carboxylic acids is 1. The number of hydrogen-bond donors (Lipinski definition) is 1. The van der Waals surface area contributed by atoms with Crippen LogP contribution in [0.2, 0.25) is 5.02 Å². The fraction of sp³-hybridized carbons (Fsp3) is 0.167. The Morgan fingerprint density at radius 2 is 2.04 bits per heavy atom. The van der Waals surface area contributed by atoms with Crippen LogP contribution >= 0.6 is 11.6 Å². The first-order valence-corrected chi connectivity index (χ1v) is 8.19. The zero-order valence-corrected chi connectivity index (χ0v) is 14.4. The van der Waals surface area contributed by atoms with Gasteiger partial charge in [-0.15, -0.1) is 0 Å². The van der Waals surface area contributed by atoms with Gasteiger partial charge in [0.05, 0.1) is 18.0 Å². The maximum atomic E-state index is 12.4. The molecule has 3 rings (SSSR count). The lowest BCUT2D eigenvalue weighted by Gasteiger charge is -2.09. The van der Waals surface area contributed by atoms with Gasteiger partial charge in [-0.2, -0.15) is 0 Å².